The summed E-state index contributed by atoms with van der Waals surface area (Å²) in [7, 11) is 0. The molecule has 0 aliphatic carbocycles. The molecule has 0 spiro atoms. The largest absolute Gasteiger partial charge is 0.461 e. The summed E-state index contributed by atoms with van der Waals surface area (Å²) >= 11 is 0. The number of hydrazine groups is 1. The molecule has 2 rings (SSSR count). The second kappa shape index (κ2) is 6.10. The number of nitrogens with one attached hydrogen (secondary N) is 2. The van der Waals surface area contributed by atoms with Gasteiger partial charge in [0.15, 0.2) is 5.82 Å². The topological polar surface area (TPSA) is 137 Å². The first-order valence-electron chi connectivity index (χ1n) is 5.99. The Morgan fingerprint density at radius 2 is 1.95 bits per heavy atom. The van der Waals surface area contributed by atoms with Crippen molar-refractivity contribution in [2.24, 2.45) is 5.84 Å². The predicted molar refractivity (Wildman–Crippen MR) is 69.8 cm³/mol. The summed E-state index contributed by atoms with van der Waals surface area (Å²) in [6.07, 6.45) is -0.0595. The zero-order valence-electron chi connectivity index (χ0n) is 11.4. The van der Waals surface area contributed by atoms with Gasteiger partial charge in [0, 0.05) is 6.92 Å². The Morgan fingerprint density at radius 3 is 2.55 bits per heavy atom. The van der Waals surface area contributed by atoms with E-state index in [0.29, 0.717) is 24.2 Å². The summed E-state index contributed by atoms with van der Waals surface area (Å²) < 4.78 is 10.3. The number of aryl methyl sites for hydroxylation is 1. The van der Waals surface area contributed by atoms with Gasteiger partial charge in [-0.15, -0.1) is 0 Å². The third-order valence-electron chi connectivity index (χ3n) is 2.06. The minimum absolute atomic E-state index is 0.0595. The van der Waals surface area contributed by atoms with Crippen molar-refractivity contribution in [3.05, 3.63) is 11.7 Å². The molecular weight excluding hydrogens is 264 g/mol. The molecule has 0 radical (unpaired) electrons. The zero-order chi connectivity index (χ0) is 14.5. The van der Waals surface area contributed by atoms with E-state index in [1.54, 1.807) is 6.92 Å². The van der Waals surface area contributed by atoms with Gasteiger partial charge >= 0.3 is 6.01 Å². The van der Waals surface area contributed by atoms with Gasteiger partial charge < -0.3 is 14.6 Å². The molecule has 0 aliphatic rings. The Kier molecular flexibility index (Phi) is 4.25. The van der Waals surface area contributed by atoms with Crippen molar-refractivity contribution >= 4 is 11.9 Å². The standard InChI is InChI=1S/C10H16N8O2/c1-5(2)19-10-15-8(14-9(16-10)17-11)12-4-7-13-6(3)20-18-7/h5H,4,11H2,1-3H3,(H2,12,14,15,16,17). The van der Waals surface area contributed by atoms with Crippen molar-refractivity contribution in [1.82, 2.24) is 25.1 Å². The highest BCUT2D eigenvalue weighted by molar-refractivity contribution is 5.34. The molecule has 0 saturated carbocycles. The van der Waals surface area contributed by atoms with E-state index in [2.05, 4.69) is 35.8 Å². The smallest absolute Gasteiger partial charge is 0.323 e. The number of rotatable bonds is 6. The van der Waals surface area contributed by atoms with E-state index < -0.39 is 0 Å². The van der Waals surface area contributed by atoms with Crippen LogP contribution in [0.5, 0.6) is 6.01 Å². The Hall–Kier alpha value is -2.49. The minimum atomic E-state index is -0.0595. The summed E-state index contributed by atoms with van der Waals surface area (Å²) in [5.41, 5.74) is 2.35. The molecule has 0 saturated heterocycles. The van der Waals surface area contributed by atoms with Gasteiger partial charge in [-0.25, -0.2) is 5.84 Å². The summed E-state index contributed by atoms with van der Waals surface area (Å²) in [4.78, 5) is 16.2. The number of ether oxygens (including phenoxy) is 1. The molecule has 10 nitrogen and oxygen atoms in total. The van der Waals surface area contributed by atoms with Crippen molar-refractivity contribution in [2.75, 3.05) is 10.7 Å². The van der Waals surface area contributed by atoms with Crippen molar-refractivity contribution in [2.45, 2.75) is 33.4 Å². The molecule has 108 valence electrons. The second-order valence-electron chi connectivity index (χ2n) is 4.16. The maximum Gasteiger partial charge on any atom is 0.323 e. The number of aromatic nitrogens is 5. The van der Waals surface area contributed by atoms with Gasteiger partial charge in [-0.3, -0.25) is 5.43 Å². The molecule has 0 atom stereocenters. The van der Waals surface area contributed by atoms with Crippen LogP contribution in [-0.4, -0.2) is 31.2 Å². The van der Waals surface area contributed by atoms with E-state index in [4.69, 9.17) is 15.1 Å². The SMILES string of the molecule is Cc1nc(CNc2nc(NN)nc(OC(C)C)n2)no1. The lowest BCUT2D eigenvalue weighted by Crippen LogP contribution is -2.16. The Balaban J connectivity index is 2.09. The maximum atomic E-state index is 5.41. The summed E-state index contributed by atoms with van der Waals surface area (Å²) in [5.74, 6) is 6.79. The highest BCUT2D eigenvalue weighted by atomic mass is 16.5. The Labute approximate surface area is 115 Å². The molecule has 0 bridgehead atoms. The van der Waals surface area contributed by atoms with Crippen LogP contribution in [0, 0.1) is 6.92 Å². The highest BCUT2D eigenvalue weighted by Crippen LogP contribution is 2.12. The van der Waals surface area contributed by atoms with Gasteiger partial charge in [0.25, 0.3) is 0 Å². The first-order chi connectivity index (χ1) is 9.56. The molecule has 0 unspecified atom stereocenters. The van der Waals surface area contributed by atoms with Crippen molar-refractivity contribution < 1.29 is 9.26 Å². The van der Waals surface area contributed by atoms with Crippen molar-refractivity contribution in [3.8, 4) is 6.01 Å². The van der Waals surface area contributed by atoms with E-state index in [9.17, 15) is 0 Å². The molecule has 0 aromatic carbocycles. The lowest BCUT2D eigenvalue weighted by atomic mass is 10.5. The van der Waals surface area contributed by atoms with E-state index >= 15 is 0 Å². The van der Waals surface area contributed by atoms with Gasteiger partial charge in [-0.1, -0.05) is 5.16 Å². The maximum absolute atomic E-state index is 5.41. The lowest BCUT2D eigenvalue weighted by Gasteiger charge is -2.10. The zero-order valence-corrected chi connectivity index (χ0v) is 11.4. The molecule has 20 heavy (non-hydrogen) atoms. The molecule has 0 fully saturated rings. The second-order valence-corrected chi connectivity index (χ2v) is 4.16. The molecular formula is C10H16N8O2. The highest BCUT2D eigenvalue weighted by Gasteiger charge is 2.09. The average molecular weight is 280 g/mol. The van der Waals surface area contributed by atoms with Gasteiger partial charge in [0.1, 0.15) is 0 Å². The van der Waals surface area contributed by atoms with Crippen molar-refractivity contribution in [1.29, 1.82) is 0 Å². The van der Waals surface area contributed by atoms with Crippen LogP contribution in [0.25, 0.3) is 0 Å². The normalized spacial score (nSPS) is 10.7. The fraction of sp³-hybridized carbons (Fsp3) is 0.500. The average Bonchev–Trinajstić information content (AvgIpc) is 2.81. The molecule has 2 aromatic heterocycles. The number of nitrogens with two attached hydrogens (primary N) is 1. The van der Waals surface area contributed by atoms with Crippen LogP contribution in [0.2, 0.25) is 0 Å². The molecule has 0 aliphatic heterocycles. The number of nitrogens with zero attached hydrogens (tertiary/aromatic N) is 5. The summed E-state index contributed by atoms with van der Waals surface area (Å²) in [6.45, 7) is 5.76. The Bertz CT molecular complexity index is 570. The van der Waals surface area contributed by atoms with E-state index in [-0.39, 0.29) is 18.1 Å². The van der Waals surface area contributed by atoms with Gasteiger partial charge in [0.2, 0.25) is 17.8 Å². The molecule has 2 heterocycles. The van der Waals surface area contributed by atoms with E-state index in [1.807, 2.05) is 13.8 Å². The molecule has 2 aromatic rings. The van der Waals surface area contributed by atoms with Gasteiger partial charge in [0.05, 0.1) is 12.6 Å². The first-order valence-corrected chi connectivity index (χ1v) is 5.99. The van der Waals surface area contributed by atoms with Crippen LogP contribution in [0.1, 0.15) is 25.6 Å². The third kappa shape index (κ3) is 3.75. The van der Waals surface area contributed by atoms with Crippen LogP contribution in [0.15, 0.2) is 4.52 Å². The first kappa shape index (κ1) is 13.9. The number of anilines is 2. The molecule has 4 N–H and O–H groups in total. The quantitative estimate of drug-likeness (QED) is 0.498. The number of hydrogen-bond acceptors (Lipinski definition) is 10. The molecule has 10 heteroatoms. The summed E-state index contributed by atoms with van der Waals surface area (Å²) in [5, 5.41) is 6.69. The predicted octanol–water partition coefficient (Wildman–Crippen LogP) is 0.248. The lowest BCUT2D eigenvalue weighted by molar-refractivity contribution is 0.222. The molecule has 0 amide bonds. The van der Waals surface area contributed by atoms with E-state index in [1.165, 1.54) is 0 Å². The van der Waals surface area contributed by atoms with Crippen LogP contribution < -0.4 is 21.3 Å². The Morgan fingerprint density at radius 1 is 1.20 bits per heavy atom. The van der Waals surface area contributed by atoms with Gasteiger partial charge in [-0.2, -0.15) is 19.9 Å². The monoisotopic (exact) mass is 280 g/mol. The summed E-state index contributed by atoms with van der Waals surface area (Å²) in [6, 6.07) is 0.176. The van der Waals surface area contributed by atoms with Crippen LogP contribution in [-0.2, 0) is 6.54 Å². The fourth-order valence-electron chi connectivity index (χ4n) is 1.33. The van der Waals surface area contributed by atoms with E-state index in [0.717, 1.165) is 0 Å². The third-order valence-corrected chi connectivity index (χ3v) is 2.06. The van der Waals surface area contributed by atoms with Crippen molar-refractivity contribution in [3.63, 3.8) is 0 Å². The van der Waals surface area contributed by atoms with Crippen LogP contribution in [0.4, 0.5) is 11.9 Å². The fourth-order valence-corrected chi connectivity index (χ4v) is 1.33. The number of nitrogen functional groups attached to an aromatic ring is 1. The van der Waals surface area contributed by atoms with Crippen LogP contribution in [0.3, 0.4) is 0 Å². The van der Waals surface area contributed by atoms with Crippen LogP contribution >= 0.6 is 0 Å². The van der Waals surface area contributed by atoms with Gasteiger partial charge in [-0.05, 0) is 13.8 Å². The number of hydrogen-bond donors (Lipinski definition) is 3. The minimum Gasteiger partial charge on any atom is -0.461 e.